The van der Waals surface area contributed by atoms with E-state index in [2.05, 4.69) is 4.74 Å². The van der Waals surface area contributed by atoms with Crippen molar-refractivity contribution in [3.05, 3.63) is 0 Å². The van der Waals surface area contributed by atoms with Gasteiger partial charge in [0.15, 0.2) is 0 Å². The lowest BCUT2D eigenvalue weighted by Crippen LogP contribution is -1.89. The van der Waals surface area contributed by atoms with Gasteiger partial charge in [0.05, 0.1) is 13.2 Å². The number of ether oxygens (including phenoxy) is 1. The Hall–Kier alpha value is -0.170. The molecule has 0 spiro atoms. The molecule has 50 valence electrons. The molecular formula is C2H6O5S. The van der Waals surface area contributed by atoms with Crippen LogP contribution in [0.5, 0.6) is 0 Å². The molecule has 0 unspecified atom stereocenters. The van der Waals surface area contributed by atoms with E-state index in [1.54, 1.807) is 0 Å². The highest BCUT2D eigenvalue weighted by Gasteiger charge is 1.94. The van der Waals surface area contributed by atoms with Gasteiger partial charge in [0.2, 0.25) is 0 Å². The van der Waals surface area contributed by atoms with Crippen LogP contribution in [-0.2, 0) is 15.1 Å². The normalized spacial score (nSPS) is 16.2. The van der Waals surface area contributed by atoms with Crippen molar-refractivity contribution in [3.63, 3.8) is 0 Å². The molecule has 0 atom stereocenters. The number of hydrogen-bond acceptors (Lipinski definition) is 3. The zero-order chi connectivity index (χ0) is 6.62. The molecular weight excluding hydrogens is 136 g/mol. The summed E-state index contributed by atoms with van der Waals surface area (Å²) in [6.45, 7) is 2.00. The van der Waals surface area contributed by atoms with E-state index in [1.807, 2.05) is 0 Å². The Morgan fingerprint density at radius 1 is 1.25 bits per heavy atom. The Labute approximate surface area is 46.8 Å². The van der Waals surface area contributed by atoms with E-state index >= 15 is 0 Å². The number of hydrogen-bond donors (Lipinski definition) is 2. The first kappa shape index (κ1) is 7.83. The molecule has 1 saturated heterocycles. The minimum absolute atomic E-state index is 1.00. The maximum Gasteiger partial charge on any atom is 0.394 e. The van der Waals surface area contributed by atoms with Crippen LogP contribution in [-0.4, -0.2) is 30.7 Å². The molecule has 6 heteroatoms. The lowest BCUT2D eigenvalue weighted by molar-refractivity contribution is 0.381. The molecule has 0 aliphatic carbocycles. The molecule has 0 aromatic heterocycles. The fourth-order valence-corrected chi connectivity index (χ4v) is 0. The quantitative estimate of drug-likeness (QED) is 0.347. The fraction of sp³-hybridized carbons (Fsp3) is 1.00. The van der Waals surface area contributed by atoms with Crippen molar-refractivity contribution in [2.45, 2.75) is 0 Å². The molecule has 1 rings (SSSR count). The van der Waals surface area contributed by atoms with Crippen LogP contribution in [0.15, 0.2) is 0 Å². The molecule has 1 aliphatic rings. The maximum atomic E-state index is 8.74. The standard InChI is InChI=1S/C2H4O.H2O4S/c1-2-3-1;1-5(2,3)4/h1-2H2;(H2,1,2,3,4). The molecule has 2 N–H and O–H groups in total. The number of rotatable bonds is 0. The molecule has 0 amide bonds. The van der Waals surface area contributed by atoms with E-state index in [4.69, 9.17) is 17.5 Å². The first-order chi connectivity index (χ1) is 3.50. The Kier molecular flexibility index (Phi) is 2.91. The summed E-state index contributed by atoms with van der Waals surface area (Å²) in [7, 11) is -4.67. The van der Waals surface area contributed by atoms with Crippen molar-refractivity contribution in [1.29, 1.82) is 0 Å². The van der Waals surface area contributed by atoms with E-state index in [1.165, 1.54) is 0 Å². The van der Waals surface area contributed by atoms with Crippen LogP contribution in [0.25, 0.3) is 0 Å². The van der Waals surface area contributed by atoms with Gasteiger partial charge in [-0.1, -0.05) is 0 Å². The predicted molar refractivity (Wildman–Crippen MR) is 25.0 cm³/mol. The summed E-state index contributed by atoms with van der Waals surface area (Å²) in [5.74, 6) is 0. The summed E-state index contributed by atoms with van der Waals surface area (Å²) in [6.07, 6.45) is 0. The molecule has 8 heavy (non-hydrogen) atoms. The third-order valence-corrected chi connectivity index (χ3v) is 0.204. The average molecular weight is 142 g/mol. The van der Waals surface area contributed by atoms with Crippen molar-refractivity contribution in [2.75, 3.05) is 13.2 Å². The van der Waals surface area contributed by atoms with E-state index < -0.39 is 10.4 Å². The molecule has 0 saturated carbocycles. The van der Waals surface area contributed by atoms with Gasteiger partial charge in [0.1, 0.15) is 0 Å². The second-order valence-electron chi connectivity index (χ2n) is 1.06. The first-order valence-electron chi connectivity index (χ1n) is 1.78. The van der Waals surface area contributed by atoms with Gasteiger partial charge < -0.3 is 4.74 Å². The Bertz CT molecular complexity index is 122. The lowest BCUT2D eigenvalue weighted by atomic mass is 11.0. The summed E-state index contributed by atoms with van der Waals surface area (Å²) in [6, 6.07) is 0. The minimum atomic E-state index is -4.67. The zero-order valence-electron chi connectivity index (χ0n) is 3.94. The fourth-order valence-electron chi connectivity index (χ4n) is 0. The summed E-state index contributed by atoms with van der Waals surface area (Å²) in [5.41, 5.74) is 0. The molecule has 5 nitrogen and oxygen atoms in total. The van der Waals surface area contributed by atoms with Crippen LogP contribution in [0.1, 0.15) is 0 Å². The topological polar surface area (TPSA) is 87.1 Å². The third-order valence-electron chi connectivity index (χ3n) is 0.204. The van der Waals surface area contributed by atoms with Crippen LogP contribution in [0.4, 0.5) is 0 Å². The minimum Gasteiger partial charge on any atom is -0.377 e. The molecule has 1 aliphatic heterocycles. The second kappa shape index (κ2) is 2.98. The average Bonchev–Trinajstić information content (AvgIpc) is 1.95. The second-order valence-corrected chi connectivity index (χ2v) is 1.96. The highest BCUT2D eigenvalue weighted by atomic mass is 32.3. The van der Waals surface area contributed by atoms with Gasteiger partial charge in [0.25, 0.3) is 0 Å². The first-order valence-corrected chi connectivity index (χ1v) is 3.17. The highest BCUT2D eigenvalue weighted by molar-refractivity contribution is 7.79. The van der Waals surface area contributed by atoms with Gasteiger partial charge in [-0.3, -0.25) is 9.11 Å². The summed E-state index contributed by atoms with van der Waals surface area (Å²) in [5, 5.41) is 0. The molecule has 1 fully saturated rings. The molecule has 0 radical (unpaired) electrons. The van der Waals surface area contributed by atoms with Crippen molar-refractivity contribution in [1.82, 2.24) is 0 Å². The molecule has 0 aromatic carbocycles. The van der Waals surface area contributed by atoms with Crippen LogP contribution in [0.3, 0.4) is 0 Å². The van der Waals surface area contributed by atoms with Gasteiger partial charge in [-0.25, -0.2) is 0 Å². The predicted octanol–water partition coefficient (Wildman–Crippen LogP) is -0.636. The van der Waals surface area contributed by atoms with Crippen molar-refractivity contribution < 1.29 is 22.3 Å². The Morgan fingerprint density at radius 2 is 1.38 bits per heavy atom. The van der Waals surface area contributed by atoms with Gasteiger partial charge in [-0.05, 0) is 0 Å². The lowest BCUT2D eigenvalue weighted by Gasteiger charge is -1.68. The molecule has 1 heterocycles. The zero-order valence-corrected chi connectivity index (χ0v) is 4.76. The van der Waals surface area contributed by atoms with Gasteiger partial charge in [-0.2, -0.15) is 8.42 Å². The SMILES string of the molecule is C1CO1.O=S(=O)(O)O. The van der Waals surface area contributed by atoms with Gasteiger partial charge >= 0.3 is 10.4 Å². The molecule has 0 aromatic rings. The smallest absolute Gasteiger partial charge is 0.377 e. The van der Waals surface area contributed by atoms with Crippen molar-refractivity contribution >= 4 is 10.4 Å². The Balaban J connectivity index is 0.000000135. The summed E-state index contributed by atoms with van der Waals surface area (Å²) in [4.78, 5) is 0. The van der Waals surface area contributed by atoms with Crippen LogP contribution in [0.2, 0.25) is 0 Å². The van der Waals surface area contributed by atoms with Gasteiger partial charge in [-0.15, -0.1) is 0 Å². The maximum absolute atomic E-state index is 8.74. The highest BCUT2D eigenvalue weighted by Crippen LogP contribution is 1.84. The monoisotopic (exact) mass is 142 g/mol. The van der Waals surface area contributed by atoms with Crippen LogP contribution in [0, 0.1) is 0 Å². The number of epoxide rings is 1. The summed E-state index contributed by atoms with van der Waals surface area (Å²) >= 11 is 0. The molecule has 0 bridgehead atoms. The van der Waals surface area contributed by atoms with Gasteiger partial charge in [0, 0.05) is 0 Å². The van der Waals surface area contributed by atoms with Crippen molar-refractivity contribution in [3.8, 4) is 0 Å². The third kappa shape index (κ3) is 197. The van der Waals surface area contributed by atoms with E-state index in [0.717, 1.165) is 13.2 Å². The van der Waals surface area contributed by atoms with E-state index in [-0.39, 0.29) is 0 Å². The van der Waals surface area contributed by atoms with E-state index in [9.17, 15) is 0 Å². The van der Waals surface area contributed by atoms with Crippen molar-refractivity contribution in [2.24, 2.45) is 0 Å². The summed E-state index contributed by atoms with van der Waals surface area (Å²) < 4.78 is 36.1. The van der Waals surface area contributed by atoms with Crippen LogP contribution < -0.4 is 0 Å². The van der Waals surface area contributed by atoms with Crippen LogP contribution >= 0.6 is 0 Å². The largest absolute Gasteiger partial charge is 0.394 e. The Morgan fingerprint density at radius 3 is 1.38 bits per heavy atom. The van der Waals surface area contributed by atoms with E-state index in [0.29, 0.717) is 0 Å².